The minimum absolute atomic E-state index is 0.182. The third kappa shape index (κ3) is 3.48. The van der Waals surface area contributed by atoms with E-state index in [1.54, 1.807) is 0 Å². The summed E-state index contributed by atoms with van der Waals surface area (Å²) in [5.41, 5.74) is -0.00378. The van der Waals surface area contributed by atoms with Crippen molar-refractivity contribution < 1.29 is 4.79 Å². The maximum atomic E-state index is 11.9. The Bertz CT molecular complexity index is 242. The van der Waals surface area contributed by atoms with Crippen LogP contribution in [0.4, 0.5) is 0 Å². The molecule has 0 bridgehead atoms. The molecule has 3 heteroatoms. The van der Waals surface area contributed by atoms with Gasteiger partial charge in [0.25, 0.3) is 0 Å². The predicted molar refractivity (Wildman–Crippen MR) is 67.3 cm³/mol. The Hall–Kier alpha value is -0.570. The first kappa shape index (κ1) is 13.5. The highest BCUT2D eigenvalue weighted by Crippen LogP contribution is 2.25. The van der Waals surface area contributed by atoms with Gasteiger partial charge in [-0.2, -0.15) is 0 Å². The van der Waals surface area contributed by atoms with E-state index in [4.69, 9.17) is 0 Å². The Morgan fingerprint density at radius 3 is 2.69 bits per heavy atom. The van der Waals surface area contributed by atoms with Gasteiger partial charge in [-0.1, -0.05) is 27.7 Å². The number of carbonyl (C=O) groups excluding carboxylic acids is 1. The molecule has 0 saturated carbocycles. The van der Waals surface area contributed by atoms with Crippen LogP contribution in [0.2, 0.25) is 0 Å². The first-order valence-electron chi connectivity index (χ1n) is 6.39. The van der Waals surface area contributed by atoms with Gasteiger partial charge in [0.05, 0.1) is 0 Å². The largest absolute Gasteiger partial charge is 0.355 e. The van der Waals surface area contributed by atoms with Crippen molar-refractivity contribution in [2.75, 3.05) is 19.6 Å². The van der Waals surface area contributed by atoms with E-state index >= 15 is 0 Å². The minimum atomic E-state index is -0.238. The predicted octanol–water partition coefficient (Wildman–Crippen LogP) is 1.93. The van der Waals surface area contributed by atoms with Crippen LogP contribution in [0.1, 0.15) is 47.0 Å². The Kier molecular flexibility index (Phi) is 4.36. The van der Waals surface area contributed by atoms with Gasteiger partial charge in [0.15, 0.2) is 0 Å². The first-order chi connectivity index (χ1) is 7.40. The molecule has 1 fully saturated rings. The maximum Gasteiger partial charge on any atom is 0.225 e. The molecule has 3 nitrogen and oxygen atoms in total. The fourth-order valence-electron chi connectivity index (χ4n) is 1.96. The Labute approximate surface area is 99.4 Å². The molecule has 2 N–H and O–H groups in total. The SMILES string of the molecule is CCC(C)(C)C(=O)NCC1(C)CCCNC1. The van der Waals surface area contributed by atoms with Gasteiger partial charge < -0.3 is 10.6 Å². The highest BCUT2D eigenvalue weighted by molar-refractivity contribution is 5.81. The molecule has 94 valence electrons. The summed E-state index contributed by atoms with van der Waals surface area (Å²) < 4.78 is 0. The van der Waals surface area contributed by atoms with Crippen molar-refractivity contribution in [3.8, 4) is 0 Å². The number of piperidine rings is 1. The highest BCUT2D eigenvalue weighted by Gasteiger charge is 2.30. The van der Waals surface area contributed by atoms with Crippen LogP contribution >= 0.6 is 0 Å². The van der Waals surface area contributed by atoms with Gasteiger partial charge in [-0.3, -0.25) is 4.79 Å². The molecule has 1 heterocycles. The first-order valence-corrected chi connectivity index (χ1v) is 6.39. The lowest BCUT2D eigenvalue weighted by molar-refractivity contribution is -0.130. The summed E-state index contributed by atoms with van der Waals surface area (Å²) in [6, 6.07) is 0. The second kappa shape index (κ2) is 5.17. The molecule has 1 atom stereocenters. The van der Waals surface area contributed by atoms with E-state index in [0.717, 1.165) is 26.1 Å². The summed E-state index contributed by atoms with van der Waals surface area (Å²) in [6.45, 7) is 11.2. The second-order valence-electron chi connectivity index (χ2n) is 6.01. The van der Waals surface area contributed by atoms with E-state index in [0.29, 0.717) is 0 Å². The maximum absolute atomic E-state index is 11.9. The molecule has 1 rings (SSSR count). The van der Waals surface area contributed by atoms with Crippen molar-refractivity contribution in [2.24, 2.45) is 10.8 Å². The number of carbonyl (C=O) groups is 1. The molecule has 0 aromatic rings. The lowest BCUT2D eigenvalue weighted by Crippen LogP contribution is -2.48. The number of hydrogen-bond donors (Lipinski definition) is 2. The fraction of sp³-hybridized carbons (Fsp3) is 0.923. The standard InChI is InChI=1S/C13H26N2O/c1-5-12(2,3)11(16)15-10-13(4)7-6-8-14-9-13/h14H,5-10H2,1-4H3,(H,15,16). The van der Waals surface area contributed by atoms with Crippen LogP contribution < -0.4 is 10.6 Å². The van der Waals surface area contributed by atoms with E-state index in [1.165, 1.54) is 12.8 Å². The number of hydrogen-bond acceptors (Lipinski definition) is 2. The Morgan fingerprint density at radius 2 is 2.19 bits per heavy atom. The average molecular weight is 226 g/mol. The normalized spacial score (nSPS) is 26.5. The van der Waals surface area contributed by atoms with E-state index in [-0.39, 0.29) is 16.7 Å². The molecular formula is C13H26N2O. The van der Waals surface area contributed by atoms with Crippen molar-refractivity contribution in [1.82, 2.24) is 10.6 Å². The summed E-state index contributed by atoms with van der Waals surface area (Å²) in [5.74, 6) is 0.182. The summed E-state index contributed by atoms with van der Waals surface area (Å²) in [6.07, 6.45) is 3.30. The van der Waals surface area contributed by atoms with Crippen molar-refractivity contribution >= 4 is 5.91 Å². The molecule has 1 unspecified atom stereocenters. The van der Waals surface area contributed by atoms with Crippen LogP contribution in [0.5, 0.6) is 0 Å². The summed E-state index contributed by atoms with van der Waals surface area (Å²) >= 11 is 0. The number of rotatable bonds is 4. The van der Waals surface area contributed by atoms with Gasteiger partial charge >= 0.3 is 0 Å². The monoisotopic (exact) mass is 226 g/mol. The molecule has 1 saturated heterocycles. The molecule has 0 aromatic heterocycles. The van der Waals surface area contributed by atoms with Gasteiger partial charge in [-0.15, -0.1) is 0 Å². The molecular weight excluding hydrogens is 200 g/mol. The van der Waals surface area contributed by atoms with Gasteiger partial charge in [0.2, 0.25) is 5.91 Å². The fourth-order valence-corrected chi connectivity index (χ4v) is 1.96. The third-order valence-corrected chi connectivity index (χ3v) is 3.86. The Balaban J connectivity index is 2.41. The van der Waals surface area contributed by atoms with Crippen molar-refractivity contribution in [2.45, 2.75) is 47.0 Å². The zero-order valence-electron chi connectivity index (χ0n) is 11.2. The van der Waals surface area contributed by atoms with Gasteiger partial charge in [0, 0.05) is 18.5 Å². The molecule has 1 aliphatic heterocycles. The number of amides is 1. The lowest BCUT2D eigenvalue weighted by Gasteiger charge is -2.35. The van der Waals surface area contributed by atoms with E-state index in [1.807, 2.05) is 13.8 Å². The molecule has 0 aromatic carbocycles. The van der Waals surface area contributed by atoms with Crippen LogP contribution in [0.15, 0.2) is 0 Å². The molecule has 1 amide bonds. The van der Waals surface area contributed by atoms with E-state index in [9.17, 15) is 4.79 Å². The van der Waals surface area contributed by atoms with Crippen LogP contribution in [-0.2, 0) is 4.79 Å². The average Bonchev–Trinajstić information content (AvgIpc) is 2.27. The van der Waals surface area contributed by atoms with Gasteiger partial charge in [0.1, 0.15) is 0 Å². The summed E-state index contributed by atoms with van der Waals surface area (Å²) in [4.78, 5) is 11.9. The van der Waals surface area contributed by atoms with Crippen LogP contribution in [-0.4, -0.2) is 25.5 Å². The van der Waals surface area contributed by atoms with Crippen LogP contribution in [0, 0.1) is 10.8 Å². The van der Waals surface area contributed by atoms with Gasteiger partial charge in [-0.25, -0.2) is 0 Å². The zero-order chi connectivity index (χ0) is 12.2. The van der Waals surface area contributed by atoms with Crippen molar-refractivity contribution in [1.29, 1.82) is 0 Å². The highest BCUT2D eigenvalue weighted by atomic mass is 16.2. The second-order valence-corrected chi connectivity index (χ2v) is 6.01. The Morgan fingerprint density at radius 1 is 1.50 bits per heavy atom. The van der Waals surface area contributed by atoms with Crippen molar-refractivity contribution in [3.05, 3.63) is 0 Å². The molecule has 1 aliphatic rings. The van der Waals surface area contributed by atoms with Crippen LogP contribution in [0.25, 0.3) is 0 Å². The molecule has 0 aliphatic carbocycles. The quantitative estimate of drug-likeness (QED) is 0.769. The van der Waals surface area contributed by atoms with Crippen LogP contribution in [0.3, 0.4) is 0 Å². The smallest absolute Gasteiger partial charge is 0.225 e. The lowest BCUT2D eigenvalue weighted by atomic mass is 9.82. The zero-order valence-corrected chi connectivity index (χ0v) is 11.2. The summed E-state index contributed by atoms with van der Waals surface area (Å²) in [5, 5.41) is 6.51. The minimum Gasteiger partial charge on any atom is -0.355 e. The van der Waals surface area contributed by atoms with Gasteiger partial charge in [-0.05, 0) is 31.2 Å². The topological polar surface area (TPSA) is 41.1 Å². The summed E-state index contributed by atoms with van der Waals surface area (Å²) in [7, 11) is 0. The molecule has 0 spiro atoms. The van der Waals surface area contributed by atoms with E-state index in [2.05, 4.69) is 24.5 Å². The molecule has 16 heavy (non-hydrogen) atoms. The van der Waals surface area contributed by atoms with E-state index < -0.39 is 0 Å². The van der Waals surface area contributed by atoms with Crippen molar-refractivity contribution in [3.63, 3.8) is 0 Å². The number of nitrogens with one attached hydrogen (secondary N) is 2. The third-order valence-electron chi connectivity index (χ3n) is 3.86. The molecule has 0 radical (unpaired) electrons.